The highest BCUT2D eigenvalue weighted by atomic mass is 16.5. The number of nitriles is 1. The van der Waals surface area contributed by atoms with Crippen LogP contribution in [0.4, 0.5) is 5.69 Å². The molecule has 0 heterocycles. The Balaban J connectivity index is 2.43. The summed E-state index contributed by atoms with van der Waals surface area (Å²) in [6, 6.07) is 8.85. The molecule has 1 aromatic rings. The maximum absolute atomic E-state index is 11.6. The number of carbonyl (C=O) groups is 1. The van der Waals surface area contributed by atoms with Crippen molar-refractivity contribution >= 4 is 11.6 Å². The molecule has 96 valence electrons. The number of nitrogens with one attached hydrogen (secondary N) is 1. The van der Waals surface area contributed by atoms with Crippen molar-refractivity contribution in [3.05, 3.63) is 29.8 Å². The van der Waals surface area contributed by atoms with E-state index in [4.69, 9.17) is 10.00 Å². The second-order valence-electron chi connectivity index (χ2n) is 4.95. The van der Waals surface area contributed by atoms with E-state index in [1.807, 2.05) is 26.8 Å². The van der Waals surface area contributed by atoms with Gasteiger partial charge in [0, 0.05) is 5.69 Å². The molecule has 0 aliphatic heterocycles. The zero-order chi connectivity index (χ0) is 13.6. The van der Waals surface area contributed by atoms with E-state index < -0.39 is 0 Å². The molecule has 1 N–H and O–H groups in total. The van der Waals surface area contributed by atoms with Crippen LogP contribution in [-0.2, 0) is 9.53 Å². The van der Waals surface area contributed by atoms with E-state index in [1.54, 1.807) is 24.3 Å². The van der Waals surface area contributed by atoms with Crippen LogP contribution >= 0.6 is 0 Å². The highest BCUT2D eigenvalue weighted by molar-refractivity contribution is 5.90. The minimum atomic E-state index is -0.235. The molecule has 0 saturated carbocycles. The zero-order valence-corrected chi connectivity index (χ0v) is 11.0. The Kier molecular flexibility index (Phi) is 4.87. The van der Waals surface area contributed by atoms with Gasteiger partial charge >= 0.3 is 0 Å². The summed E-state index contributed by atoms with van der Waals surface area (Å²) in [5.41, 5.74) is 0.926. The smallest absolute Gasteiger partial charge is 0.226 e. The second kappa shape index (κ2) is 6.18. The number of rotatable bonds is 4. The number of anilines is 1. The molecule has 4 nitrogen and oxygen atoms in total. The van der Waals surface area contributed by atoms with Gasteiger partial charge in [-0.25, -0.2) is 0 Å². The largest absolute Gasteiger partial charge is 0.375 e. The molecule has 4 heteroatoms. The zero-order valence-electron chi connectivity index (χ0n) is 11.0. The van der Waals surface area contributed by atoms with Crippen LogP contribution in [0.5, 0.6) is 0 Å². The second-order valence-corrected chi connectivity index (χ2v) is 4.95. The van der Waals surface area contributed by atoms with Gasteiger partial charge in [0.15, 0.2) is 0 Å². The van der Waals surface area contributed by atoms with Crippen molar-refractivity contribution in [2.45, 2.75) is 32.8 Å². The van der Waals surface area contributed by atoms with Crippen LogP contribution in [0.1, 0.15) is 32.8 Å². The third-order valence-electron chi connectivity index (χ3n) is 2.14. The molecule has 0 bridgehead atoms. The standard InChI is InChI=1S/C14H18N2O2/c1-14(2,3)18-8-7-13(17)16-12-6-4-5-11(9-12)10-15/h4-6,9H,7-8H2,1-3H3,(H,16,17). The molecule has 0 fully saturated rings. The summed E-state index contributed by atoms with van der Waals surface area (Å²) < 4.78 is 5.47. The summed E-state index contributed by atoms with van der Waals surface area (Å²) in [7, 11) is 0. The van der Waals surface area contributed by atoms with Gasteiger partial charge in [-0.1, -0.05) is 6.07 Å². The molecule has 0 radical (unpaired) electrons. The van der Waals surface area contributed by atoms with Crippen LogP contribution in [0.25, 0.3) is 0 Å². The molecule has 1 amide bonds. The highest BCUT2D eigenvalue weighted by Crippen LogP contribution is 2.11. The Labute approximate surface area is 108 Å². The van der Waals surface area contributed by atoms with Gasteiger partial charge in [-0.15, -0.1) is 0 Å². The Hall–Kier alpha value is -1.86. The average molecular weight is 246 g/mol. The number of benzene rings is 1. The lowest BCUT2D eigenvalue weighted by atomic mass is 10.2. The monoisotopic (exact) mass is 246 g/mol. The predicted molar refractivity (Wildman–Crippen MR) is 70.1 cm³/mol. The summed E-state index contributed by atoms with van der Waals surface area (Å²) in [6.45, 7) is 6.22. The van der Waals surface area contributed by atoms with Crippen LogP contribution in [0, 0.1) is 11.3 Å². The first-order chi connectivity index (χ1) is 8.40. The fourth-order valence-electron chi connectivity index (χ4n) is 1.34. The van der Waals surface area contributed by atoms with Crippen molar-refractivity contribution in [1.82, 2.24) is 0 Å². The summed E-state index contributed by atoms with van der Waals surface area (Å²) in [5.74, 6) is -0.116. The predicted octanol–water partition coefficient (Wildman–Crippen LogP) is 2.70. The van der Waals surface area contributed by atoms with Crippen molar-refractivity contribution in [2.24, 2.45) is 0 Å². The summed E-state index contributed by atoms with van der Waals surface area (Å²) in [4.78, 5) is 11.6. The normalized spacial score (nSPS) is 10.8. The van der Waals surface area contributed by atoms with Crippen LogP contribution in [0.15, 0.2) is 24.3 Å². The van der Waals surface area contributed by atoms with Crippen LogP contribution < -0.4 is 5.32 Å². The van der Waals surface area contributed by atoms with Gasteiger partial charge in [0.1, 0.15) is 0 Å². The number of hydrogen-bond acceptors (Lipinski definition) is 3. The van der Waals surface area contributed by atoms with Gasteiger partial charge in [-0.2, -0.15) is 5.26 Å². The molecule has 1 aromatic carbocycles. The maximum atomic E-state index is 11.6. The van der Waals surface area contributed by atoms with Gasteiger partial charge in [0.2, 0.25) is 5.91 Å². The highest BCUT2D eigenvalue weighted by Gasteiger charge is 2.11. The Morgan fingerprint density at radius 2 is 2.17 bits per heavy atom. The van der Waals surface area contributed by atoms with Gasteiger partial charge in [-0.3, -0.25) is 4.79 Å². The number of ether oxygens (including phenoxy) is 1. The quantitative estimate of drug-likeness (QED) is 0.888. The van der Waals surface area contributed by atoms with Crippen LogP contribution in [-0.4, -0.2) is 18.1 Å². The Morgan fingerprint density at radius 1 is 1.44 bits per heavy atom. The molecular formula is C14H18N2O2. The van der Waals surface area contributed by atoms with Gasteiger partial charge < -0.3 is 10.1 Å². The molecule has 0 aliphatic carbocycles. The van der Waals surface area contributed by atoms with Crippen molar-refractivity contribution in [2.75, 3.05) is 11.9 Å². The topological polar surface area (TPSA) is 62.1 Å². The van der Waals surface area contributed by atoms with Gasteiger partial charge in [-0.05, 0) is 39.0 Å². The first-order valence-corrected chi connectivity index (χ1v) is 5.85. The fraction of sp³-hybridized carbons (Fsp3) is 0.429. The van der Waals surface area contributed by atoms with Crippen molar-refractivity contribution < 1.29 is 9.53 Å². The molecule has 1 rings (SSSR count). The summed E-state index contributed by atoms with van der Waals surface area (Å²) in [5, 5.41) is 11.5. The molecule has 18 heavy (non-hydrogen) atoms. The molecule has 0 aromatic heterocycles. The Morgan fingerprint density at radius 3 is 2.78 bits per heavy atom. The van der Waals surface area contributed by atoms with Crippen molar-refractivity contribution in [3.63, 3.8) is 0 Å². The average Bonchev–Trinajstić information content (AvgIpc) is 2.27. The first kappa shape index (κ1) is 14.2. The number of nitrogens with zero attached hydrogens (tertiary/aromatic N) is 1. The minimum Gasteiger partial charge on any atom is -0.375 e. The maximum Gasteiger partial charge on any atom is 0.226 e. The molecular weight excluding hydrogens is 228 g/mol. The number of amides is 1. The fourth-order valence-corrected chi connectivity index (χ4v) is 1.34. The lowest BCUT2D eigenvalue weighted by Gasteiger charge is -2.19. The van der Waals surface area contributed by atoms with Crippen molar-refractivity contribution in [1.29, 1.82) is 5.26 Å². The SMILES string of the molecule is CC(C)(C)OCCC(=O)Nc1cccc(C#N)c1. The van der Waals surface area contributed by atoms with E-state index in [0.717, 1.165) is 0 Å². The van der Waals surface area contributed by atoms with Crippen LogP contribution in [0.2, 0.25) is 0 Å². The summed E-state index contributed by atoms with van der Waals surface area (Å²) >= 11 is 0. The van der Waals surface area contributed by atoms with E-state index in [9.17, 15) is 4.79 Å². The van der Waals surface area contributed by atoms with E-state index in [-0.39, 0.29) is 11.5 Å². The Bertz CT molecular complexity index is 456. The third kappa shape index (κ3) is 5.46. The van der Waals surface area contributed by atoms with Gasteiger partial charge in [0.05, 0.1) is 30.3 Å². The first-order valence-electron chi connectivity index (χ1n) is 5.85. The van der Waals surface area contributed by atoms with E-state index in [0.29, 0.717) is 24.3 Å². The lowest BCUT2D eigenvalue weighted by Crippen LogP contribution is -2.22. The molecule has 0 saturated heterocycles. The lowest BCUT2D eigenvalue weighted by molar-refractivity contribution is -0.118. The molecule has 0 unspecified atom stereocenters. The van der Waals surface area contributed by atoms with E-state index in [1.165, 1.54) is 0 Å². The van der Waals surface area contributed by atoms with E-state index >= 15 is 0 Å². The molecule has 0 atom stereocenters. The van der Waals surface area contributed by atoms with Crippen molar-refractivity contribution in [3.8, 4) is 6.07 Å². The number of carbonyl (C=O) groups excluding carboxylic acids is 1. The summed E-state index contributed by atoms with van der Waals surface area (Å²) in [6.07, 6.45) is 0.300. The third-order valence-corrected chi connectivity index (χ3v) is 2.14. The van der Waals surface area contributed by atoms with E-state index in [2.05, 4.69) is 5.32 Å². The van der Waals surface area contributed by atoms with Gasteiger partial charge in [0.25, 0.3) is 0 Å². The number of hydrogen-bond donors (Lipinski definition) is 1. The molecule has 0 spiro atoms. The minimum absolute atomic E-state index is 0.116. The van der Waals surface area contributed by atoms with Crippen LogP contribution in [0.3, 0.4) is 0 Å². The molecule has 0 aliphatic rings.